The molecular weight excluding hydrogens is 1010 g/mol. The van der Waals surface area contributed by atoms with E-state index >= 15 is 0 Å². The lowest BCUT2D eigenvalue weighted by Gasteiger charge is -2.18. The lowest BCUT2D eigenvalue weighted by molar-refractivity contribution is -0.167. The Morgan fingerprint density at radius 2 is 0.476 bits per heavy atom. The minimum absolute atomic E-state index is 0.0873. The van der Waals surface area contributed by atoms with Crippen LogP contribution in [-0.2, 0) is 28.6 Å². The van der Waals surface area contributed by atoms with Gasteiger partial charge in [-0.15, -0.1) is 0 Å². The summed E-state index contributed by atoms with van der Waals surface area (Å²) in [6, 6.07) is 0. The summed E-state index contributed by atoms with van der Waals surface area (Å²) in [5, 5.41) is 0. The second kappa shape index (κ2) is 69.6. The van der Waals surface area contributed by atoms with Crippen LogP contribution in [0, 0.1) is 0 Å². The number of carbonyl (C=O) groups excluding carboxylic acids is 3. The van der Waals surface area contributed by atoms with E-state index in [0.29, 0.717) is 19.3 Å². The summed E-state index contributed by atoms with van der Waals surface area (Å²) in [6.07, 6.45) is 95.6. The van der Waals surface area contributed by atoms with E-state index in [9.17, 15) is 14.4 Å². The fourth-order valence-corrected chi connectivity index (χ4v) is 9.88. The molecular formula is C76H130O6. The van der Waals surface area contributed by atoms with Gasteiger partial charge in [-0.1, -0.05) is 323 Å². The van der Waals surface area contributed by atoms with Gasteiger partial charge >= 0.3 is 17.9 Å². The Balaban J connectivity index is 4.19. The minimum Gasteiger partial charge on any atom is -0.462 e. The number of allylic oxidation sites excluding steroid dienone is 18. The van der Waals surface area contributed by atoms with Crippen molar-refractivity contribution in [2.45, 2.75) is 341 Å². The molecule has 0 aliphatic carbocycles. The second-order valence-electron chi connectivity index (χ2n) is 23.0. The van der Waals surface area contributed by atoms with E-state index < -0.39 is 6.10 Å². The van der Waals surface area contributed by atoms with E-state index in [4.69, 9.17) is 14.2 Å². The fourth-order valence-electron chi connectivity index (χ4n) is 9.88. The van der Waals surface area contributed by atoms with E-state index in [1.807, 2.05) is 0 Å². The average molecular weight is 1140 g/mol. The predicted molar refractivity (Wildman–Crippen MR) is 357 cm³/mol. The van der Waals surface area contributed by atoms with Gasteiger partial charge in [0, 0.05) is 19.3 Å². The number of carbonyl (C=O) groups is 3. The zero-order chi connectivity index (χ0) is 59.2. The van der Waals surface area contributed by atoms with E-state index in [2.05, 4.69) is 130 Å². The quantitative estimate of drug-likeness (QED) is 0.0261. The molecule has 0 fully saturated rings. The topological polar surface area (TPSA) is 78.9 Å². The van der Waals surface area contributed by atoms with Gasteiger partial charge in [0.25, 0.3) is 0 Å². The van der Waals surface area contributed by atoms with Crippen molar-refractivity contribution in [2.24, 2.45) is 0 Å². The van der Waals surface area contributed by atoms with Crippen LogP contribution in [0.2, 0.25) is 0 Å². The first-order chi connectivity index (χ1) is 40.5. The molecule has 1 atom stereocenters. The summed E-state index contributed by atoms with van der Waals surface area (Å²) in [5.41, 5.74) is 0. The van der Waals surface area contributed by atoms with Crippen LogP contribution in [0.5, 0.6) is 0 Å². The van der Waals surface area contributed by atoms with Crippen molar-refractivity contribution in [3.8, 4) is 0 Å². The molecule has 0 aromatic carbocycles. The number of hydrogen-bond donors (Lipinski definition) is 0. The molecule has 0 rings (SSSR count). The van der Waals surface area contributed by atoms with Crippen LogP contribution in [0.3, 0.4) is 0 Å². The van der Waals surface area contributed by atoms with Crippen molar-refractivity contribution in [3.63, 3.8) is 0 Å². The molecule has 0 aromatic rings. The number of ether oxygens (including phenoxy) is 3. The van der Waals surface area contributed by atoms with Gasteiger partial charge in [-0.05, 0) is 103 Å². The highest BCUT2D eigenvalue weighted by atomic mass is 16.6. The second-order valence-corrected chi connectivity index (χ2v) is 23.0. The van der Waals surface area contributed by atoms with Crippen molar-refractivity contribution in [2.75, 3.05) is 13.2 Å². The average Bonchev–Trinajstić information content (AvgIpc) is 3.47. The summed E-state index contributed by atoms with van der Waals surface area (Å²) < 4.78 is 16.9. The molecule has 0 bridgehead atoms. The Bertz CT molecular complexity index is 1640. The van der Waals surface area contributed by atoms with Crippen LogP contribution in [0.25, 0.3) is 0 Å². The highest BCUT2D eigenvalue weighted by Crippen LogP contribution is 2.17. The molecule has 0 saturated heterocycles. The number of rotatable bonds is 63. The molecule has 0 aromatic heterocycles. The number of unbranched alkanes of at least 4 members (excludes halogenated alkanes) is 34. The Hall–Kier alpha value is -3.93. The first-order valence-corrected chi connectivity index (χ1v) is 34.9. The molecule has 6 nitrogen and oxygen atoms in total. The molecule has 6 heteroatoms. The van der Waals surface area contributed by atoms with Gasteiger partial charge in [0.15, 0.2) is 6.10 Å². The van der Waals surface area contributed by atoms with Gasteiger partial charge in [-0.25, -0.2) is 0 Å². The molecule has 0 spiro atoms. The van der Waals surface area contributed by atoms with E-state index in [1.54, 1.807) is 0 Å². The minimum atomic E-state index is -0.794. The molecule has 82 heavy (non-hydrogen) atoms. The molecule has 0 amide bonds. The van der Waals surface area contributed by atoms with Crippen molar-refractivity contribution >= 4 is 17.9 Å². The van der Waals surface area contributed by atoms with E-state index in [-0.39, 0.29) is 31.1 Å². The van der Waals surface area contributed by atoms with Crippen LogP contribution in [0.4, 0.5) is 0 Å². The van der Waals surface area contributed by atoms with Crippen molar-refractivity contribution in [1.29, 1.82) is 0 Å². The third-order valence-electron chi connectivity index (χ3n) is 15.0. The maximum atomic E-state index is 12.9. The lowest BCUT2D eigenvalue weighted by Crippen LogP contribution is -2.30. The highest BCUT2D eigenvalue weighted by molar-refractivity contribution is 5.71. The monoisotopic (exact) mass is 1140 g/mol. The SMILES string of the molecule is CC/C=C\C/C=C\C/C=C\C/C=C\C/C=C\CCCCCC(=O)OC(COC(=O)CCCCCCCCCCCCCC)COC(=O)CCCCCCCCCCCCCCCCCCCCCC/C=C\C/C=C\C/C=C\C/C=C\CC. The van der Waals surface area contributed by atoms with Crippen LogP contribution < -0.4 is 0 Å². The Morgan fingerprint density at radius 1 is 0.256 bits per heavy atom. The standard InChI is InChI=1S/C76H130O6/c1-4-7-10-13-16-19-22-25-27-29-31-32-33-34-35-36-37-38-39-40-41-42-43-44-46-47-49-51-54-57-60-63-66-69-75(78)81-72-73(71-80-74(77)68-65-62-59-56-53-24-21-18-15-12-9-6-3)82-76(79)70-67-64-61-58-55-52-50-48-45-30-28-26-23-20-17-14-11-8-5-2/h7-8,10-11,16-17,19-20,25-28,31-32,45,48,52,55,73H,4-6,9,12-15,18,21-24,29-30,33-44,46-47,49-51,53-54,56-72H2,1-3H3/b10-7-,11-8-,19-16-,20-17-,27-25-,28-26-,32-31-,48-45-,55-52-. The Kier molecular flexibility index (Phi) is 66.2. The fraction of sp³-hybridized carbons (Fsp3) is 0.724. The van der Waals surface area contributed by atoms with Crippen molar-refractivity contribution < 1.29 is 28.6 Å². The summed E-state index contributed by atoms with van der Waals surface area (Å²) in [7, 11) is 0. The predicted octanol–water partition coefficient (Wildman–Crippen LogP) is 24.2. The summed E-state index contributed by atoms with van der Waals surface area (Å²) in [5.74, 6) is -0.905. The first kappa shape index (κ1) is 78.1. The van der Waals surface area contributed by atoms with Crippen molar-refractivity contribution in [1.82, 2.24) is 0 Å². The molecule has 0 saturated carbocycles. The highest BCUT2D eigenvalue weighted by Gasteiger charge is 2.19. The zero-order valence-corrected chi connectivity index (χ0v) is 54.0. The molecule has 470 valence electrons. The third kappa shape index (κ3) is 66.9. The Labute approximate surface area is 508 Å². The van der Waals surface area contributed by atoms with Crippen LogP contribution >= 0.6 is 0 Å². The summed E-state index contributed by atoms with van der Waals surface area (Å²) >= 11 is 0. The molecule has 0 N–H and O–H groups in total. The van der Waals surface area contributed by atoms with Gasteiger partial charge in [-0.2, -0.15) is 0 Å². The smallest absolute Gasteiger partial charge is 0.306 e. The van der Waals surface area contributed by atoms with Gasteiger partial charge in [0.1, 0.15) is 13.2 Å². The molecule has 0 aliphatic heterocycles. The van der Waals surface area contributed by atoms with Crippen LogP contribution in [0.1, 0.15) is 335 Å². The molecule has 0 radical (unpaired) electrons. The number of esters is 3. The first-order valence-electron chi connectivity index (χ1n) is 34.9. The molecule has 0 aliphatic rings. The zero-order valence-electron chi connectivity index (χ0n) is 54.0. The summed E-state index contributed by atoms with van der Waals surface area (Å²) in [6.45, 7) is 6.42. The largest absolute Gasteiger partial charge is 0.462 e. The van der Waals surface area contributed by atoms with E-state index in [1.165, 1.54) is 173 Å². The van der Waals surface area contributed by atoms with Crippen molar-refractivity contribution in [3.05, 3.63) is 109 Å². The summed E-state index contributed by atoms with van der Waals surface area (Å²) in [4.78, 5) is 38.3. The van der Waals surface area contributed by atoms with Gasteiger partial charge in [-0.3, -0.25) is 14.4 Å². The Morgan fingerprint density at radius 3 is 0.756 bits per heavy atom. The lowest BCUT2D eigenvalue weighted by atomic mass is 10.0. The number of hydrogen-bond acceptors (Lipinski definition) is 6. The van der Waals surface area contributed by atoms with Crippen LogP contribution in [-0.4, -0.2) is 37.2 Å². The molecule has 1 unspecified atom stereocenters. The van der Waals surface area contributed by atoms with Gasteiger partial charge < -0.3 is 14.2 Å². The van der Waals surface area contributed by atoms with E-state index in [0.717, 1.165) is 122 Å². The maximum Gasteiger partial charge on any atom is 0.306 e. The van der Waals surface area contributed by atoms with Crippen LogP contribution in [0.15, 0.2) is 109 Å². The maximum absolute atomic E-state index is 12.9. The normalized spacial score (nSPS) is 12.8. The molecule has 0 heterocycles. The third-order valence-corrected chi connectivity index (χ3v) is 15.0. The van der Waals surface area contributed by atoms with Gasteiger partial charge in [0.2, 0.25) is 0 Å². The van der Waals surface area contributed by atoms with Gasteiger partial charge in [0.05, 0.1) is 0 Å².